The number of carbonyl (C=O) groups is 1. The van der Waals surface area contributed by atoms with Crippen LogP contribution in [0.25, 0.3) is 11.0 Å². The number of nitrogens with zero attached hydrogens (tertiary/aromatic N) is 5. The fourth-order valence-corrected chi connectivity index (χ4v) is 2.20. The summed E-state index contributed by atoms with van der Waals surface area (Å²) in [7, 11) is 1.81. The highest BCUT2D eigenvalue weighted by molar-refractivity contribution is 5.88. The summed E-state index contributed by atoms with van der Waals surface area (Å²) >= 11 is 0. The van der Waals surface area contributed by atoms with Gasteiger partial charge in [0.05, 0.1) is 11.6 Å². The molecule has 0 amide bonds. The Morgan fingerprint density at radius 3 is 3.00 bits per heavy atom. The van der Waals surface area contributed by atoms with Crippen molar-refractivity contribution in [3.63, 3.8) is 0 Å². The molecule has 1 aliphatic rings. The quantitative estimate of drug-likeness (QED) is 0.851. The molecule has 0 aromatic carbocycles. The summed E-state index contributed by atoms with van der Waals surface area (Å²) < 4.78 is 1.66. The molecule has 100 valence electrons. The normalized spacial score (nSPS) is 14.8. The van der Waals surface area contributed by atoms with E-state index in [1.807, 2.05) is 11.9 Å². The maximum atomic E-state index is 11.0. The molecule has 1 saturated carbocycles. The molecule has 0 unspecified atom stereocenters. The summed E-state index contributed by atoms with van der Waals surface area (Å²) in [6, 6.07) is 0. The number of fused-ring (bicyclic) bond motifs is 1. The Morgan fingerprint density at radius 1 is 1.53 bits per heavy atom. The van der Waals surface area contributed by atoms with Crippen LogP contribution >= 0.6 is 0 Å². The average Bonchev–Trinajstić information content (AvgIpc) is 3.11. The molecule has 0 bridgehead atoms. The zero-order chi connectivity index (χ0) is 13.4. The minimum Gasteiger partial charge on any atom is -0.480 e. The largest absolute Gasteiger partial charge is 0.480 e. The van der Waals surface area contributed by atoms with Gasteiger partial charge in [-0.25, -0.2) is 9.97 Å². The van der Waals surface area contributed by atoms with E-state index in [0.29, 0.717) is 11.7 Å². The van der Waals surface area contributed by atoms with Gasteiger partial charge in [0.1, 0.15) is 18.7 Å². The number of hydrogen-bond acceptors (Lipinski definition) is 5. The Morgan fingerprint density at radius 2 is 2.32 bits per heavy atom. The number of hydrogen-bond donors (Lipinski definition) is 1. The zero-order valence-corrected chi connectivity index (χ0v) is 10.7. The lowest BCUT2D eigenvalue weighted by Gasteiger charge is -2.21. The number of carboxylic acid groups (broad SMARTS) is 1. The second kappa shape index (κ2) is 4.49. The van der Waals surface area contributed by atoms with Crippen molar-refractivity contribution in [2.45, 2.75) is 12.8 Å². The van der Waals surface area contributed by atoms with E-state index in [2.05, 4.69) is 15.1 Å². The summed E-state index contributed by atoms with van der Waals surface area (Å²) in [5.74, 6) is 0.393. The van der Waals surface area contributed by atoms with E-state index < -0.39 is 5.97 Å². The number of rotatable bonds is 5. The van der Waals surface area contributed by atoms with Crippen LogP contribution < -0.4 is 4.90 Å². The van der Waals surface area contributed by atoms with Gasteiger partial charge in [0, 0.05) is 13.6 Å². The van der Waals surface area contributed by atoms with Crippen molar-refractivity contribution in [3.8, 4) is 0 Å². The average molecular weight is 261 g/mol. The number of aromatic nitrogens is 4. The Hall–Kier alpha value is -2.18. The van der Waals surface area contributed by atoms with Gasteiger partial charge >= 0.3 is 5.97 Å². The minimum atomic E-state index is -0.851. The van der Waals surface area contributed by atoms with Gasteiger partial charge in [-0.1, -0.05) is 0 Å². The molecule has 2 heterocycles. The molecular formula is C12H15N5O2. The lowest BCUT2D eigenvalue weighted by atomic mass is 10.3. The van der Waals surface area contributed by atoms with Crippen LogP contribution in [0, 0.1) is 5.92 Å². The molecule has 7 heteroatoms. The van der Waals surface area contributed by atoms with E-state index in [1.165, 1.54) is 6.33 Å². The van der Waals surface area contributed by atoms with Crippen molar-refractivity contribution in [3.05, 3.63) is 12.5 Å². The first-order valence-corrected chi connectivity index (χ1v) is 6.24. The molecule has 0 atom stereocenters. The van der Waals surface area contributed by atoms with Gasteiger partial charge in [-0.15, -0.1) is 0 Å². The lowest BCUT2D eigenvalue weighted by Crippen LogP contribution is -2.32. The van der Waals surface area contributed by atoms with Gasteiger partial charge in [0.25, 0.3) is 0 Å². The molecule has 19 heavy (non-hydrogen) atoms. The predicted molar refractivity (Wildman–Crippen MR) is 68.9 cm³/mol. The molecule has 3 rings (SSSR count). The Labute approximate surface area is 109 Å². The van der Waals surface area contributed by atoms with Crippen LogP contribution in [0.1, 0.15) is 12.8 Å². The van der Waals surface area contributed by atoms with E-state index in [4.69, 9.17) is 5.11 Å². The van der Waals surface area contributed by atoms with Crippen molar-refractivity contribution in [1.82, 2.24) is 19.7 Å². The van der Waals surface area contributed by atoms with E-state index in [9.17, 15) is 4.79 Å². The molecule has 0 saturated heterocycles. The summed E-state index contributed by atoms with van der Waals surface area (Å²) in [5.41, 5.74) is 0.719. The first kappa shape index (κ1) is 11.9. The van der Waals surface area contributed by atoms with Crippen LogP contribution in [0.3, 0.4) is 0 Å². The minimum absolute atomic E-state index is 0.0441. The molecule has 1 aliphatic carbocycles. The smallest absolute Gasteiger partial charge is 0.323 e. The van der Waals surface area contributed by atoms with Gasteiger partial charge < -0.3 is 10.0 Å². The van der Waals surface area contributed by atoms with E-state index in [-0.39, 0.29) is 6.54 Å². The highest BCUT2D eigenvalue weighted by Crippen LogP contribution is 2.32. The Bertz CT molecular complexity index is 620. The zero-order valence-electron chi connectivity index (χ0n) is 10.7. The van der Waals surface area contributed by atoms with Crippen molar-refractivity contribution >= 4 is 22.8 Å². The number of anilines is 1. The molecule has 2 aromatic heterocycles. The summed E-state index contributed by atoms with van der Waals surface area (Å²) in [6.07, 6.45) is 5.47. The molecule has 2 aromatic rings. The molecule has 1 fully saturated rings. The van der Waals surface area contributed by atoms with Crippen molar-refractivity contribution in [2.24, 2.45) is 13.0 Å². The van der Waals surface area contributed by atoms with Gasteiger partial charge in [0.2, 0.25) is 0 Å². The van der Waals surface area contributed by atoms with Crippen LogP contribution in [0.15, 0.2) is 12.5 Å². The maximum absolute atomic E-state index is 11.0. The lowest BCUT2D eigenvalue weighted by molar-refractivity contribution is -0.135. The van der Waals surface area contributed by atoms with Gasteiger partial charge in [-0.2, -0.15) is 5.10 Å². The molecular weight excluding hydrogens is 246 g/mol. The van der Waals surface area contributed by atoms with Crippen molar-refractivity contribution in [2.75, 3.05) is 18.0 Å². The fourth-order valence-electron chi connectivity index (χ4n) is 2.20. The first-order valence-electron chi connectivity index (χ1n) is 6.24. The standard InChI is InChI=1S/C12H15N5O2/c1-16-11-9(4-15-16)12(14-7-13-11)17(6-10(18)19)5-8-2-3-8/h4,7-8H,2-3,5-6H2,1H3,(H,18,19). The highest BCUT2D eigenvalue weighted by atomic mass is 16.4. The third-order valence-corrected chi connectivity index (χ3v) is 3.31. The third kappa shape index (κ3) is 2.35. The summed E-state index contributed by atoms with van der Waals surface area (Å²) in [4.78, 5) is 21.3. The van der Waals surface area contributed by atoms with Crippen molar-refractivity contribution in [1.29, 1.82) is 0 Å². The predicted octanol–water partition coefficient (Wildman–Crippen LogP) is 0.664. The SMILES string of the molecule is Cn1ncc2c(N(CC(=O)O)CC3CC3)ncnc21. The van der Waals surface area contributed by atoms with Crippen LogP contribution in [0.4, 0.5) is 5.82 Å². The van der Waals surface area contributed by atoms with Crippen molar-refractivity contribution < 1.29 is 9.90 Å². The van der Waals surface area contributed by atoms with Crippen LogP contribution in [0.5, 0.6) is 0 Å². The first-order chi connectivity index (χ1) is 9.15. The number of carboxylic acids is 1. The second-order valence-corrected chi connectivity index (χ2v) is 4.92. The molecule has 1 N–H and O–H groups in total. The third-order valence-electron chi connectivity index (χ3n) is 3.31. The Kier molecular flexibility index (Phi) is 2.81. The molecule has 0 spiro atoms. The van der Waals surface area contributed by atoms with Crippen LogP contribution in [0.2, 0.25) is 0 Å². The van der Waals surface area contributed by atoms with Gasteiger partial charge in [-0.05, 0) is 18.8 Å². The van der Waals surface area contributed by atoms with E-state index in [1.54, 1.807) is 10.9 Å². The molecule has 7 nitrogen and oxygen atoms in total. The Balaban J connectivity index is 2.00. The van der Waals surface area contributed by atoms with E-state index >= 15 is 0 Å². The van der Waals surface area contributed by atoms with Crippen LogP contribution in [-0.4, -0.2) is 43.9 Å². The molecule has 0 radical (unpaired) electrons. The number of aliphatic carboxylic acids is 1. The fraction of sp³-hybridized carbons (Fsp3) is 0.500. The summed E-state index contributed by atoms with van der Waals surface area (Å²) in [5, 5.41) is 14.0. The maximum Gasteiger partial charge on any atom is 0.323 e. The van der Waals surface area contributed by atoms with E-state index in [0.717, 1.165) is 30.4 Å². The summed E-state index contributed by atoms with van der Waals surface area (Å²) in [6.45, 7) is 0.685. The monoisotopic (exact) mass is 261 g/mol. The highest BCUT2D eigenvalue weighted by Gasteiger charge is 2.27. The van der Waals surface area contributed by atoms with Gasteiger partial charge in [-0.3, -0.25) is 9.48 Å². The molecule has 0 aliphatic heterocycles. The number of aryl methyl sites for hydroxylation is 1. The van der Waals surface area contributed by atoms with Crippen LogP contribution in [-0.2, 0) is 11.8 Å². The topological polar surface area (TPSA) is 84.1 Å². The second-order valence-electron chi connectivity index (χ2n) is 4.92. The van der Waals surface area contributed by atoms with Gasteiger partial charge in [0.15, 0.2) is 5.65 Å².